The summed E-state index contributed by atoms with van der Waals surface area (Å²) in [6, 6.07) is 14.6. The lowest BCUT2D eigenvalue weighted by molar-refractivity contribution is 0.272. The number of aliphatic hydroxyl groups is 1. The number of nitriles is 1. The molecule has 2 aromatic rings. The molecule has 0 saturated heterocycles. The maximum atomic E-state index is 12.9. The molecule has 0 saturated carbocycles. The number of aliphatic hydroxyl groups excluding tert-OH is 1. The lowest BCUT2D eigenvalue weighted by Crippen LogP contribution is -2.12. The van der Waals surface area contributed by atoms with E-state index in [-0.39, 0.29) is 12.5 Å². The number of benzene rings is 1. The van der Waals surface area contributed by atoms with E-state index in [4.69, 9.17) is 0 Å². The van der Waals surface area contributed by atoms with Gasteiger partial charge in [0.15, 0.2) is 0 Å². The van der Waals surface area contributed by atoms with Crippen LogP contribution in [0.15, 0.2) is 48.7 Å². The van der Waals surface area contributed by atoms with E-state index >= 15 is 0 Å². The van der Waals surface area contributed by atoms with Gasteiger partial charge in [-0.3, -0.25) is 0 Å². The van der Waals surface area contributed by atoms with Crippen molar-refractivity contribution in [3.05, 3.63) is 65.7 Å². The van der Waals surface area contributed by atoms with Crippen molar-refractivity contribution < 1.29 is 9.50 Å². The summed E-state index contributed by atoms with van der Waals surface area (Å²) in [6.45, 7) is -0.0347. The first-order valence-corrected chi connectivity index (χ1v) is 6.43. The fourth-order valence-corrected chi connectivity index (χ4v) is 2.33. The van der Waals surface area contributed by atoms with Gasteiger partial charge in [-0.1, -0.05) is 36.4 Å². The molecular formula is C16H15FN2O. The summed E-state index contributed by atoms with van der Waals surface area (Å²) < 4.78 is 12.9. The van der Waals surface area contributed by atoms with E-state index < -0.39 is 11.9 Å². The predicted molar refractivity (Wildman–Crippen MR) is 73.4 cm³/mol. The highest BCUT2D eigenvalue weighted by Gasteiger charge is 2.24. The Labute approximate surface area is 117 Å². The number of nitrogens with zero attached hydrogens (tertiary/aromatic N) is 2. The van der Waals surface area contributed by atoms with Crippen LogP contribution in [0.2, 0.25) is 0 Å². The molecule has 4 heteroatoms. The summed E-state index contributed by atoms with van der Waals surface area (Å²) in [5.74, 6) is -1.15. The second kappa shape index (κ2) is 6.78. The summed E-state index contributed by atoms with van der Waals surface area (Å²) in [5, 5.41) is 18.7. The average molecular weight is 270 g/mol. The molecule has 0 aliphatic rings. The van der Waals surface area contributed by atoms with Crippen molar-refractivity contribution in [2.45, 2.75) is 18.3 Å². The van der Waals surface area contributed by atoms with Gasteiger partial charge in [-0.25, -0.2) is 4.98 Å². The van der Waals surface area contributed by atoms with Crippen LogP contribution in [0.25, 0.3) is 0 Å². The topological polar surface area (TPSA) is 56.9 Å². The monoisotopic (exact) mass is 270 g/mol. The molecule has 0 bridgehead atoms. The molecule has 0 unspecified atom stereocenters. The van der Waals surface area contributed by atoms with Crippen LogP contribution < -0.4 is 0 Å². The van der Waals surface area contributed by atoms with Gasteiger partial charge in [0.1, 0.15) is 0 Å². The van der Waals surface area contributed by atoms with Crippen LogP contribution in [0, 0.1) is 17.3 Å². The van der Waals surface area contributed by atoms with E-state index in [1.54, 1.807) is 6.07 Å². The predicted octanol–water partition coefficient (Wildman–Crippen LogP) is 2.99. The Morgan fingerprint density at radius 2 is 1.90 bits per heavy atom. The molecule has 0 aliphatic carbocycles. The van der Waals surface area contributed by atoms with Gasteiger partial charge in [-0.15, -0.1) is 0 Å². The largest absolute Gasteiger partial charge is 0.396 e. The smallest absolute Gasteiger partial charge is 0.212 e. The summed E-state index contributed by atoms with van der Waals surface area (Å²) in [5.41, 5.74) is 1.65. The van der Waals surface area contributed by atoms with Crippen molar-refractivity contribution in [3.8, 4) is 6.07 Å². The normalized spacial score (nSPS) is 13.4. The Bertz CT molecular complexity index is 578. The zero-order valence-corrected chi connectivity index (χ0v) is 10.9. The number of hydrogen-bond acceptors (Lipinski definition) is 3. The van der Waals surface area contributed by atoms with Crippen LogP contribution in [-0.4, -0.2) is 16.7 Å². The Balaban J connectivity index is 2.36. The zero-order valence-electron chi connectivity index (χ0n) is 10.9. The molecule has 0 amide bonds. The quantitative estimate of drug-likeness (QED) is 0.850. The van der Waals surface area contributed by atoms with Crippen molar-refractivity contribution in [2.24, 2.45) is 0 Å². The molecule has 1 aromatic heterocycles. The molecule has 102 valence electrons. The number of hydrogen-bond donors (Lipinski definition) is 1. The minimum Gasteiger partial charge on any atom is -0.396 e. The van der Waals surface area contributed by atoms with Gasteiger partial charge in [0.2, 0.25) is 5.95 Å². The lowest BCUT2D eigenvalue weighted by Gasteiger charge is -2.21. The molecule has 0 fully saturated rings. The fraction of sp³-hybridized carbons (Fsp3) is 0.250. The zero-order chi connectivity index (χ0) is 14.4. The van der Waals surface area contributed by atoms with Crippen molar-refractivity contribution in [1.29, 1.82) is 5.26 Å². The second-order valence-electron chi connectivity index (χ2n) is 4.55. The minimum absolute atomic E-state index is 0.0347. The van der Waals surface area contributed by atoms with Crippen LogP contribution in [-0.2, 0) is 0 Å². The van der Waals surface area contributed by atoms with Crippen LogP contribution in [0.5, 0.6) is 0 Å². The molecule has 0 radical (unpaired) electrons. The maximum absolute atomic E-state index is 12.9. The molecule has 2 rings (SSSR count). The number of rotatable bonds is 5. The summed E-state index contributed by atoms with van der Waals surface area (Å²) in [4.78, 5) is 3.63. The first-order valence-electron chi connectivity index (χ1n) is 6.43. The third-order valence-electron chi connectivity index (χ3n) is 3.32. The van der Waals surface area contributed by atoms with Gasteiger partial charge in [0.25, 0.3) is 0 Å². The molecule has 3 nitrogen and oxygen atoms in total. The number of aromatic nitrogens is 1. The summed E-state index contributed by atoms with van der Waals surface area (Å²) in [6.07, 6.45) is 1.86. The van der Waals surface area contributed by atoms with E-state index in [0.29, 0.717) is 6.42 Å². The van der Waals surface area contributed by atoms with Gasteiger partial charge in [0, 0.05) is 18.7 Å². The third kappa shape index (κ3) is 3.19. The fourth-order valence-electron chi connectivity index (χ4n) is 2.33. The Morgan fingerprint density at radius 1 is 1.15 bits per heavy atom. The van der Waals surface area contributed by atoms with E-state index in [1.807, 2.05) is 30.3 Å². The van der Waals surface area contributed by atoms with Crippen molar-refractivity contribution in [3.63, 3.8) is 0 Å². The molecule has 1 N–H and O–H groups in total. The Hall–Kier alpha value is -2.25. The summed E-state index contributed by atoms with van der Waals surface area (Å²) in [7, 11) is 0. The van der Waals surface area contributed by atoms with Gasteiger partial charge < -0.3 is 5.11 Å². The molecule has 1 heterocycles. The first kappa shape index (κ1) is 14.2. The van der Waals surface area contributed by atoms with E-state index in [0.717, 1.165) is 11.1 Å². The molecule has 20 heavy (non-hydrogen) atoms. The third-order valence-corrected chi connectivity index (χ3v) is 3.32. The first-order chi connectivity index (χ1) is 9.76. The van der Waals surface area contributed by atoms with Crippen LogP contribution in [0.1, 0.15) is 29.4 Å². The average Bonchev–Trinajstić information content (AvgIpc) is 2.49. The SMILES string of the molecule is N#C[C@@H](c1ccccc1)[C@H](CCO)c1ccc(F)nc1. The highest BCUT2D eigenvalue weighted by Crippen LogP contribution is 2.34. The Kier molecular flexibility index (Phi) is 4.80. The maximum Gasteiger partial charge on any atom is 0.212 e. The minimum atomic E-state index is -0.551. The van der Waals surface area contributed by atoms with E-state index in [9.17, 15) is 14.8 Å². The Morgan fingerprint density at radius 3 is 2.45 bits per heavy atom. The van der Waals surface area contributed by atoms with Gasteiger partial charge >= 0.3 is 0 Å². The number of pyridine rings is 1. The molecule has 2 atom stereocenters. The summed E-state index contributed by atoms with van der Waals surface area (Å²) >= 11 is 0. The van der Waals surface area contributed by atoms with Crippen LogP contribution >= 0.6 is 0 Å². The highest BCUT2D eigenvalue weighted by atomic mass is 19.1. The standard InChI is InChI=1S/C16H15FN2O/c17-16-7-6-13(11-19-16)14(8-9-20)15(10-18)12-4-2-1-3-5-12/h1-7,11,14-15,20H,8-9H2/t14-,15+/m1/s1. The molecule has 0 spiro atoms. The van der Waals surface area contributed by atoms with Gasteiger partial charge in [-0.05, 0) is 23.6 Å². The van der Waals surface area contributed by atoms with E-state index in [1.165, 1.54) is 12.3 Å². The van der Waals surface area contributed by atoms with E-state index in [2.05, 4.69) is 11.1 Å². The van der Waals surface area contributed by atoms with Gasteiger partial charge in [-0.2, -0.15) is 9.65 Å². The van der Waals surface area contributed by atoms with Crippen molar-refractivity contribution >= 4 is 0 Å². The van der Waals surface area contributed by atoms with Gasteiger partial charge in [0.05, 0.1) is 12.0 Å². The highest BCUT2D eigenvalue weighted by molar-refractivity contribution is 5.32. The van der Waals surface area contributed by atoms with Crippen molar-refractivity contribution in [2.75, 3.05) is 6.61 Å². The molecule has 0 aliphatic heterocycles. The second-order valence-corrected chi connectivity index (χ2v) is 4.55. The van der Waals surface area contributed by atoms with Crippen LogP contribution in [0.4, 0.5) is 4.39 Å². The number of halogens is 1. The molecular weight excluding hydrogens is 255 g/mol. The lowest BCUT2D eigenvalue weighted by atomic mass is 9.81. The van der Waals surface area contributed by atoms with Crippen LogP contribution in [0.3, 0.4) is 0 Å². The molecule has 1 aromatic carbocycles. The van der Waals surface area contributed by atoms with Crippen molar-refractivity contribution in [1.82, 2.24) is 4.98 Å².